The third-order valence-electron chi connectivity index (χ3n) is 3.13. The van der Waals surface area contributed by atoms with Gasteiger partial charge < -0.3 is 10.5 Å². The topological polar surface area (TPSA) is 61.0 Å². The van der Waals surface area contributed by atoms with Crippen LogP contribution in [-0.4, -0.2) is 21.8 Å². The molecule has 2 N–H and O–H groups in total. The van der Waals surface area contributed by atoms with E-state index in [-0.39, 0.29) is 0 Å². The summed E-state index contributed by atoms with van der Waals surface area (Å²) in [4.78, 5) is 0.321. The predicted molar refractivity (Wildman–Crippen MR) is 70.2 cm³/mol. The molecule has 0 aliphatic heterocycles. The van der Waals surface area contributed by atoms with Gasteiger partial charge >= 0.3 is 0 Å². The lowest BCUT2D eigenvalue weighted by Gasteiger charge is -2.12. The van der Waals surface area contributed by atoms with Crippen LogP contribution in [0.2, 0.25) is 0 Å². The fourth-order valence-corrected chi connectivity index (χ4v) is 1.95. The maximum absolute atomic E-state index is 5.71. The van der Waals surface area contributed by atoms with Crippen molar-refractivity contribution in [1.82, 2.24) is 10.2 Å². The van der Waals surface area contributed by atoms with Crippen molar-refractivity contribution in [2.24, 2.45) is 11.7 Å². The highest BCUT2D eigenvalue weighted by molar-refractivity contribution is 7.80. The van der Waals surface area contributed by atoms with Crippen molar-refractivity contribution < 1.29 is 4.74 Å². The van der Waals surface area contributed by atoms with Gasteiger partial charge in [-0.25, -0.2) is 0 Å². The number of nitrogens with zero attached hydrogens (tertiary/aromatic N) is 2. The minimum atomic E-state index is 0.321. The Morgan fingerprint density at radius 2 is 2.12 bits per heavy atom. The molecule has 0 radical (unpaired) electrons. The Labute approximate surface area is 107 Å². The minimum absolute atomic E-state index is 0.321. The number of aryl methyl sites for hydroxylation is 1. The molecule has 2 rings (SSSR count). The Morgan fingerprint density at radius 1 is 1.41 bits per heavy atom. The fraction of sp³-hybridized carbons (Fsp3) is 0.583. The summed E-state index contributed by atoms with van der Waals surface area (Å²) in [5, 5.41) is 8.08. The smallest absolute Gasteiger partial charge is 0.244 e. The van der Waals surface area contributed by atoms with Crippen molar-refractivity contribution in [1.29, 1.82) is 0 Å². The Hall–Kier alpha value is -1.23. The van der Waals surface area contributed by atoms with Crippen LogP contribution < -0.4 is 10.5 Å². The number of hydrogen-bond donors (Lipinski definition) is 1. The SMILES string of the molecule is Cc1nnc(OCCC2CC2)c(C(N)=S)c1C. The van der Waals surface area contributed by atoms with Crippen molar-refractivity contribution in [2.75, 3.05) is 6.61 Å². The first-order valence-electron chi connectivity index (χ1n) is 5.86. The third-order valence-corrected chi connectivity index (χ3v) is 3.33. The highest BCUT2D eigenvalue weighted by Crippen LogP contribution is 2.32. The van der Waals surface area contributed by atoms with Crippen LogP contribution in [0.1, 0.15) is 36.1 Å². The summed E-state index contributed by atoms with van der Waals surface area (Å²) in [6, 6.07) is 0. The Balaban J connectivity index is 2.13. The van der Waals surface area contributed by atoms with Gasteiger partial charge in [0.05, 0.1) is 17.9 Å². The summed E-state index contributed by atoms with van der Waals surface area (Å²) >= 11 is 5.04. The Morgan fingerprint density at radius 3 is 2.71 bits per heavy atom. The molecule has 0 unspecified atom stereocenters. The predicted octanol–water partition coefficient (Wildman–Crippen LogP) is 1.91. The lowest BCUT2D eigenvalue weighted by atomic mass is 10.1. The first-order valence-corrected chi connectivity index (χ1v) is 6.27. The van der Waals surface area contributed by atoms with Crippen LogP contribution in [0.15, 0.2) is 0 Å². The summed E-state index contributed by atoms with van der Waals surface area (Å²) in [6.07, 6.45) is 3.72. The lowest BCUT2D eigenvalue weighted by molar-refractivity contribution is 0.287. The Bertz CT molecular complexity index is 444. The van der Waals surface area contributed by atoms with Gasteiger partial charge in [0, 0.05) is 0 Å². The van der Waals surface area contributed by atoms with E-state index in [0.717, 1.165) is 29.2 Å². The van der Waals surface area contributed by atoms with Crippen molar-refractivity contribution in [2.45, 2.75) is 33.1 Å². The average molecular weight is 251 g/mol. The van der Waals surface area contributed by atoms with Crippen LogP contribution in [0, 0.1) is 19.8 Å². The van der Waals surface area contributed by atoms with Gasteiger partial charge in [-0.3, -0.25) is 0 Å². The second-order valence-corrected chi connectivity index (χ2v) is 4.98. The molecule has 1 aromatic heterocycles. The van der Waals surface area contributed by atoms with Gasteiger partial charge in [-0.2, -0.15) is 5.10 Å². The molecule has 0 bridgehead atoms. The molecule has 1 aliphatic rings. The first-order chi connectivity index (χ1) is 8.09. The summed E-state index contributed by atoms with van der Waals surface area (Å²) in [6.45, 7) is 4.49. The van der Waals surface area contributed by atoms with Gasteiger partial charge in [0.25, 0.3) is 0 Å². The standard InChI is InChI=1S/C12H17N3OS/c1-7-8(2)14-15-12(10(7)11(13)17)16-6-5-9-3-4-9/h9H,3-6H2,1-2H3,(H2,13,17). The van der Waals surface area contributed by atoms with E-state index in [1.807, 2.05) is 13.8 Å². The van der Waals surface area contributed by atoms with E-state index < -0.39 is 0 Å². The van der Waals surface area contributed by atoms with Crippen LogP contribution in [-0.2, 0) is 0 Å². The number of nitrogens with two attached hydrogens (primary N) is 1. The normalized spacial score (nSPS) is 14.7. The molecule has 0 amide bonds. The van der Waals surface area contributed by atoms with Gasteiger partial charge in [0.15, 0.2) is 0 Å². The second kappa shape index (κ2) is 4.96. The van der Waals surface area contributed by atoms with Gasteiger partial charge in [-0.1, -0.05) is 25.1 Å². The van der Waals surface area contributed by atoms with E-state index in [9.17, 15) is 0 Å². The van der Waals surface area contributed by atoms with Gasteiger partial charge in [0.2, 0.25) is 5.88 Å². The van der Waals surface area contributed by atoms with Crippen molar-refractivity contribution in [3.8, 4) is 5.88 Å². The number of ether oxygens (including phenoxy) is 1. The number of rotatable bonds is 5. The summed E-state index contributed by atoms with van der Waals surface area (Å²) in [7, 11) is 0. The van der Waals surface area contributed by atoms with E-state index in [4.69, 9.17) is 22.7 Å². The van der Waals surface area contributed by atoms with Crippen LogP contribution in [0.5, 0.6) is 5.88 Å². The van der Waals surface area contributed by atoms with E-state index in [1.165, 1.54) is 12.8 Å². The zero-order valence-corrected chi connectivity index (χ0v) is 11.0. The molecule has 4 nitrogen and oxygen atoms in total. The summed E-state index contributed by atoms with van der Waals surface area (Å²) < 4.78 is 5.64. The summed E-state index contributed by atoms with van der Waals surface area (Å²) in [5.74, 6) is 1.31. The highest BCUT2D eigenvalue weighted by atomic mass is 32.1. The Kier molecular flexibility index (Phi) is 3.57. The van der Waals surface area contributed by atoms with E-state index in [1.54, 1.807) is 0 Å². The lowest BCUT2D eigenvalue weighted by Crippen LogP contribution is -2.17. The van der Waals surface area contributed by atoms with E-state index >= 15 is 0 Å². The minimum Gasteiger partial charge on any atom is -0.476 e. The molecule has 0 atom stereocenters. The molecule has 1 saturated carbocycles. The molecule has 1 aliphatic carbocycles. The maximum atomic E-state index is 5.71. The molecule has 17 heavy (non-hydrogen) atoms. The molecule has 0 aromatic carbocycles. The van der Waals surface area contributed by atoms with Gasteiger partial charge in [-0.15, -0.1) is 5.10 Å². The van der Waals surface area contributed by atoms with Crippen molar-refractivity contribution in [3.63, 3.8) is 0 Å². The molecule has 0 saturated heterocycles. The monoisotopic (exact) mass is 251 g/mol. The largest absolute Gasteiger partial charge is 0.476 e. The number of hydrogen-bond acceptors (Lipinski definition) is 4. The van der Waals surface area contributed by atoms with Crippen molar-refractivity contribution in [3.05, 3.63) is 16.8 Å². The van der Waals surface area contributed by atoms with E-state index in [0.29, 0.717) is 17.5 Å². The quantitative estimate of drug-likeness (QED) is 0.810. The second-order valence-electron chi connectivity index (χ2n) is 4.54. The zero-order chi connectivity index (χ0) is 12.4. The number of aromatic nitrogens is 2. The first kappa shape index (κ1) is 12.2. The summed E-state index contributed by atoms with van der Waals surface area (Å²) in [5.41, 5.74) is 8.23. The average Bonchev–Trinajstić information content (AvgIpc) is 3.07. The molecule has 92 valence electrons. The van der Waals surface area contributed by atoms with Crippen molar-refractivity contribution >= 4 is 17.2 Å². The molecular weight excluding hydrogens is 234 g/mol. The van der Waals surface area contributed by atoms with Gasteiger partial charge in [0.1, 0.15) is 4.99 Å². The van der Waals surface area contributed by atoms with Crippen LogP contribution >= 0.6 is 12.2 Å². The molecule has 1 fully saturated rings. The number of thiocarbonyl (C=S) groups is 1. The van der Waals surface area contributed by atoms with Crippen LogP contribution in [0.25, 0.3) is 0 Å². The maximum Gasteiger partial charge on any atom is 0.244 e. The molecule has 0 spiro atoms. The molecule has 1 heterocycles. The fourth-order valence-electron chi connectivity index (χ4n) is 1.71. The molecule has 5 heteroatoms. The third kappa shape index (κ3) is 2.91. The molecule has 1 aromatic rings. The zero-order valence-electron chi connectivity index (χ0n) is 10.2. The van der Waals surface area contributed by atoms with Crippen LogP contribution in [0.3, 0.4) is 0 Å². The molecular formula is C12H17N3OS. The van der Waals surface area contributed by atoms with Crippen LogP contribution in [0.4, 0.5) is 0 Å². The highest BCUT2D eigenvalue weighted by Gasteiger charge is 2.21. The van der Waals surface area contributed by atoms with Gasteiger partial charge in [-0.05, 0) is 31.7 Å². The van der Waals surface area contributed by atoms with E-state index in [2.05, 4.69) is 10.2 Å².